The summed E-state index contributed by atoms with van der Waals surface area (Å²) in [7, 11) is -3.69. The van der Waals surface area contributed by atoms with Crippen LogP contribution in [0.4, 0.5) is 44.3 Å². The summed E-state index contributed by atoms with van der Waals surface area (Å²) in [6, 6.07) is 8.08. The average molecular weight is 638 g/mol. The first-order valence-corrected chi connectivity index (χ1v) is 13.9. The fourth-order valence-electron chi connectivity index (χ4n) is 5.06. The van der Waals surface area contributed by atoms with Crippen LogP contribution in [0.25, 0.3) is 11.0 Å². The van der Waals surface area contributed by atoms with Gasteiger partial charge >= 0.3 is 24.6 Å². The lowest BCUT2D eigenvalue weighted by Gasteiger charge is -2.33. The maximum atomic E-state index is 13.7. The Kier molecular flexibility index (Phi) is 7.30. The second-order valence-electron chi connectivity index (χ2n) is 9.98. The van der Waals surface area contributed by atoms with Gasteiger partial charge in [-0.1, -0.05) is 24.3 Å². The highest BCUT2D eigenvalue weighted by atomic mass is 32.3. The van der Waals surface area contributed by atoms with E-state index in [-0.39, 0.29) is 27.0 Å². The molecule has 1 amide bonds. The van der Waals surface area contributed by atoms with Crippen LogP contribution in [-0.4, -0.2) is 26.1 Å². The number of cyclic esters (lactones) is 1. The van der Waals surface area contributed by atoms with Crippen molar-refractivity contribution in [3.05, 3.63) is 99.6 Å². The number of benzene rings is 3. The van der Waals surface area contributed by atoms with Crippen molar-refractivity contribution in [3.8, 4) is 0 Å². The number of hydrogen-bond donors (Lipinski definition) is 2. The minimum Gasteiger partial charge on any atom is -0.439 e. The highest BCUT2D eigenvalue weighted by molar-refractivity contribution is 8.32. The van der Waals surface area contributed by atoms with Gasteiger partial charge in [0.15, 0.2) is 0 Å². The first kappa shape index (κ1) is 30.8. The van der Waals surface area contributed by atoms with Gasteiger partial charge in [-0.25, -0.2) is 4.79 Å². The number of rotatable bonds is 4. The average Bonchev–Trinajstić information content (AvgIpc) is 3.34. The van der Waals surface area contributed by atoms with Crippen molar-refractivity contribution in [1.29, 1.82) is 0 Å². The summed E-state index contributed by atoms with van der Waals surface area (Å²) < 4.78 is 149. The van der Waals surface area contributed by atoms with E-state index in [9.17, 15) is 53.4 Å². The van der Waals surface area contributed by atoms with E-state index in [2.05, 4.69) is 0 Å². The fraction of sp³-hybridized carbons (Fsp3) is 0.250. The highest BCUT2D eigenvalue weighted by Crippen LogP contribution is 2.66. The number of nitrogens with zero attached hydrogens (tertiary/aromatic N) is 1. The summed E-state index contributed by atoms with van der Waals surface area (Å²) in [5.41, 5.74) is -4.86. The van der Waals surface area contributed by atoms with Gasteiger partial charge in [0.25, 0.3) is 0 Å². The molecule has 0 radical (unpaired) electrons. The van der Waals surface area contributed by atoms with Gasteiger partial charge in [0.2, 0.25) is 0 Å². The number of carbonyl (C=O) groups excluding carboxylic acids is 1. The zero-order chi connectivity index (χ0) is 31.7. The molecule has 230 valence electrons. The van der Waals surface area contributed by atoms with Gasteiger partial charge in [0.05, 0.1) is 39.1 Å². The Morgan fingerprint density at radius 2 is 1.40 bits per heavy atom. The monoisotopic (exact) mass is 637 g/mol. The zero-order valence-corrected chi connectivity index (χ0v) is 22.5. The Bertz CT molecular complexity index is 1600. The first-order chi connectivity index (χ1) is 19.8. The molecule has 0 bridgehead atoms. The number of ether oxygens (including phenoxy) is 1. The van der Waals surface area contributed by atoms with Crippen molar-refractivity contribution in [2.45, 2.75) is 49.0 Å². The number of hydrogen-bond acceptors (Lipinski definition) is 4. The molecule has 2 heterocycles. The molecule has 5 nitrogen and oxygen atoms in total. The number of carbonyl (C=O) groups is 1. The third-order valence-corrected chi connectivity index (χ3v) is 9.12. The van der Waals surface area contributed by atoms with Crippen LogP contribution in [0.3, 0.4) is 0 Å². The normalized spacial score (nSPS) is 21.0. The molecule has 1 fully saturated rings. The molecule has 0 unspecified atom stereocenters. The second kappa shape index (κ2) is 10.2. The summed E-state index contributed by atoms with van der Waals surface area (Å²) in [6.45, 7) is 0.610. The molecule has 43 heavy (non-hydrogen) atoms. The van der Waals surface area contributed by atoms with Crippen molar-refractivity contribution >= 4 is 27.7 Å². The summed E-state index contributed by atoms with van der Waals surface area (Å²) in [4.78, 5) is 13.7. The van der Waals surface area contributed by atoms with Crippen LogP contribution in [-0.2, 0) is 29.8 Å². The maximum Gasteiger partial charge on any atom is 0.416 e. The molecule has 3 aromatic rings. The fourth-order valence-corrected chi connectivity index (χ4v) is 6.82. The Morgan fingerprint density at radius 3 is 1.95 bits per heavy atom. The van der Waals surface area contributed by atoms with Crippen molar-refractivity contribution < 1.29 is 58.2 Å². The van der Waals surface area contributed by atoms with Gasteiger partial charge in [0.1, 0.15) is 6.10 Å². The van der Waals surface area contributed by atoms with Crippen molar-refractivity contribution in [2.24, 2.45) is 0 Å². The Labute approximate surface area is 239 Å². The van der Waals surface area contributed by atoms with E-state index in [1.54, 1.807) is 12.1 Å². The Morgan fingerprint density at radius 1 is 0.814 bits per heavy atom. The minimum atomic E-state index is -5.16. The van der Waals surface area contributed by atoms with E-state index < -0.39 is 76.2 Å². The maximum absolute atomic E-state index is 13.7. The summed E-state index contributed by atoms with van der Waals surface area (Å²) in [6.07, 6.45) is -16.6. The van der Waals surface area contributed by atoms with E-state index in [0.717, 1.165) is 11.0 Å². The lowest BCUT2D eigenvalue weighted by atomic mass is 9.96. The predicted molar refractivity (Wildman–Crippen MR) is 138 cm³/mol. The van der Waals surface area contributed by atoms with Gasteiger partial charge < -0.3 is 4.74 Å². The van der Waals surface area contributed by atoms with E-state index in [4.69, 9.17) is 4.74 Å². The Hall–Kier alpha value is -3.69. The predicted octanol–water partition coefficient (Wildman–Crippen LogP) is 9.45. The van der Waals surface area contributed by atoms with E-state index >= 15 is 0 Å². The largest absolute Gasteiger partial charge is 0.439 e. The number of fused-ring (bicyclic) bond motifs is 1. The van der Waals surface area contributed by atoms with Gasteiger partial charge in [-0.3, -0.25) is 14.0 Å². The molecule has 1 saturated heterocycles. The van der Waals surface area contributed by atoms with Crippen molar-refractivity contribution in [3.63, 3.8) is 0 Å². The standard InChI is InChI=1S/C28H20F9NO4S/c1-14-24(16-8-19(27(32,33)34)12-20(9-16)28(35,36)37)42-25(39)38(14)13-17-10-18(26(29,30)31)6-7-21(17)23-11-15-4-2-3-5-22(15)43(23,40)41/h2-12,14,24,40-41H,13H2,1H3/t14-,24-/m0/s1. The van der Waals surface area contributed by atoms with Crippen LogP contribution in [0, 0.1) is 0 Å². The highest BCUT2D eigenvalue weighted by Gasteiger charge is 2.44. The number of amides is 1. The molecular weight excluding hydrogens is 617 g/mol. The summed E-state index contributed by atoms with van der Waals surface area (Å²) >= 11 is 0. The second-order valence-corrected chi connectivity index (χ2v) is 12.0. The van der Waals surface area contributed by atoms with Crippen LogP contribution in [0.5, 0.6) is 0 Å². The molecule has 2 aliphatic rings. The van der Waals surface area contributed by atoms with Gasteiger partial charge in [-0.05, 0) is 66.1 Å². The van der Waals surface area contributed by atoms with Crippen LogP contribution in [0.1, 0.15) is 52.0 Å². The lowest BCUT2D eigenvalue weighted by molar-refractivity contribution is -0.143. The zero-order valence-electron chi connectivity index (χ0n) is 21.7. The van der Waals surface area contributed by atoms with E-state index in [0.29, 0.717) is 29.8 Å². The van der Waals surface area contributed by atoms with Crippen molar-refractivity contribution in [1.82, 2.24) is 4.90 Å². The molecule has 5 rings (SSSR count). The SMILES string of the molecule is C[C@H]1[C@@H](c2cc(C(F)(F)F)cc(C(F)(F)F)c2)OC(=O)N1Cc1cc(C(F)(F)F)ccc1C1=Cc2ccccc2S1(O)O. The molecular formula is C28H20F9NO4S. The smallest absolute Gasteiger partial charge is 0.416 e. The van der Waals surface area contributed by atoms with Crippen LogP contribution in [0.15, 0.2) is 65.6 Å². The molecule has 0 spiro atoms. The van der Waals surface area contributed by atoms with Crippen molar-refractivity contribution in [2.75, 3.05) is 0 Å². The first-order valence-electron chi connectivity index (χ1n) is 12.3. The summed E-state index contributed by atoms with van der Waals surface area (Å²) in [5.74, 6) is 0. The molecule has 0 aromatic heterocycles. The molecule has 2 atom stereocenters. The van der Waals surface area contributed by atoms with Crippen LogP contribution >= 0.6 is 10.6 Å². The molecule has 0 saturated carbocycles. The Balaban J connectivity index is 1.55. The molecule has 3 aromatic carbocycles. The molecule has 15 heteroatoms. The van der Waals surface area contributed by atoms with Crippen LogP contribution < -0.4 is 0 Å². The van der Waals surface area contributed by atoms with Gasteiger partial charge in [0, 0.05) is 5.56 Å². The quantitative estimate of drug-likeness (QED) is 0.280. The van der Waals surface area contributed by atoms with E-state index in [1.165, 1.54) is 25.1 Å². The summed E-state index contributed by atoms with van der Waals surface area (Å²) in [5, 5.41) is 0. The van der Waals surface area contributed by atoms with Gasteiger partial charge in [-0.2, -0.15) is 39.5 Å². The minimum absolute atomic E-state index is 0.0499. The topological polar surface area (TPSA) is 70.0 Å². The molecule has 0 aliphatic carbocycles. The number of alkyl halides is 9. The number of halogens is 9. The van der Waals surface area contributed by atoms with Crippen LogP contribution in [0.2, 0.25) is 0 Å². The molecule has 2 aliphatic heterocycles. The third kappa shape index (κ3) is 5.68. The third-order valence-electron chi connectivity index (χ3n) is 7.19. The van der Waals surface area contributed by atoms with Gasteiger partial charge in [-0.15, -0.1) is 10.6 Å². The van der Waals surface area contributed by atoms with E-state index in [1.807, 2.05) is 0 Å². The molecule has 2 N–H and O–H groups in total. The lowest BCUT2D eigenvalue weighted by Crippen LogP contribution is -2.32.